The molecular weight excluding hydrogens is 1810 g/mol. The minimum Gasteiger partial charge on any atom is -0.457 e. The number of nitrogens with zero attached hydrogens (tertiary/aromatic N) is 7. The van der Waals surface area contributed by atoms with E-state index in [2.05, 4.69) is 142 Å². The Morgan fingerprint density at radius 2 is 0.898 bits per heavy atom. The van der Waals surface area contributed by atoms with Gasteiger partial charge in [-0.05, 0) is 96.0 Å². The molecule has 0 spiro atoms. The van der Waals surface area contributed by atoms with Crippen molar-refractivity contribution in [3.05, 3.63) is 166 Å². The van der Waals surface area contributed by atoms with Crippen LogP contribution in [0.2, 0.25) is 36.3 Å². The normalized spacial score (nSPS) is 22.7. The van der Waals surface area contributed by atoms with Gasteiger partial charge in [0.2, 0.25) is 6.29 Å². The number of ether oxygens (including phenoxy) is 9. The van der Waals surface area contributed by atoms with Gasteiger partial charge in [-0.25, -0.2) is 33.6 Å². The Bertz CT molecular complexity index is 4950. The van der Waals surface area contributed by atoms with Crippen molar-refractivity contribution in [2.75, 3.05) is 7.05 Å². The SMILES string of the molecule is C.CC(C)(C)[Si](C)(C)Cl.CC[C@H]1OC(OC(C)=O)[C@@H](OC(C)=O)C1C.CC[C@H]1O[C@@H](n2cc(CO)c(=O)[nH]c2=O)[C@@H](OC(C)=O)C1C.CC[C@H]1O[C@@H](n2cc(CO[Si](C)(C)C(C)(C)C)c(-n3cncn3)nc2=O)[C@@H](OC(C)=O)C1C.CCc1cn([C@@H]2O[C@H](CC)C(C)[C@@H]2OC(C)=O)c(=O)[nH]c1=O.CN.O=P(Cl)(Cl)Cl.O=c1[nH]cc(CO)c(=O)[nH]1.O=c1cc[nH]c(=O)[nH]1. The van der Waals surface area contributed by atoms with Gasteiger partial charge in [-0.2, -0.15) is 21.2 Å². The fraction of sp³-hybridized carbons (Fsp3) is 0.658. The van der Waals surface area contributed by atoms with Crippen molar-refractivity contribution in [3.63, 3.8) is 0 Å². The van der Waals surface area contributed by atoms with Crippen LogP contribution in [-0.2, 0) is 102 Å². The number of esters is 5. The molecule has 10 N–H and O–H groups in total. The Morgan fingerprint density at radius 1 is 0.535 bits per heavy atom. The summed E-state index contributed by atoms with van der Waals surface area (Å²) in [6, 6.07) is 1.24. The van der Waals surface area contributed by atoms with Crippen LogP contribution in [0.15, 0.2) is 92.9 Å². The van der Waals surface area contributed by atoms with Crippen LogP contribution in [0.5, 0.6) is 0 Å². The number of aliphatic hydroxyl groups is 2. The second-order valence-electron chi connectivity index (χ2n) is 32.2. The quantitative estimate of drug-likeness (QED) is 0.0120. The molecule has 0 saturated carbocycles. The Morgan fingerprint density at radius 3 is 1.24 bits per heavy atom. The van der Waals surface area contributed by atoms with Gasteiger partial charge < -0.3 is 73.0 Å². The van der Waals surface area contributed by atoms with Crippen LogP contribution < -0.4 is 56.4 Å². The molecular formula is C79H129Cl4N14O27PSi2. The summed E-state index contributed by atoms with van der Waals surface area (Å²) in [5, 5.41) is 18.9. The zero-order valence-electron chi connectivity index (χ0n) is 75.8. The highest BCUT2D eigenvalue weighted by molar-refractivity contribution is 8.24. The lowest BCUT2D eigenvalue weighted by Crippen LogP contribution is -2.41. The molecule has 41 nitrogen and oxygen atoms in total. The van der Waals surface area contributed by atoms with Crippen LogP contribution in [-0.4, -0.2) is 181 Å². The molecule has 0 amide bonds. The molecule has 5 unspecified atom stereocenters. The van der Waals surface area contributed by atoms with Crippen LogP contribution in [0.1, 0.15) is 213 Å². The summed E-state index contributed by atoms with van der Waals surface area (Å²) < 4.78 is 71.1. The molecule has 48 heteroatoms. The fourth-order valence-electron chi connectivity index (χ4n) is 12.1. The van der Waals surface area contributed by atoms with E-state index in [0.717, 1.165) is 23.8 Å². The van der Waals surface area contributed by atoms with Gasteiger partial charge in [0.25, 0.3) is 22.2 Å². The van der Waals surface area contributed by atoms with E-state index in [4.69, 9.17) is 63.2 Å². The third-order valence-corrected chi connectivity index (χ3v) is 30.7. The molecule has 0 radical (unpaired) electrons. The minimum atomic E-state index is -3.22. The molecule has 0 aliphatic carbocycles. The van der Waals surface area contributed by atoms with Crippen molar-refractivity contribution < 1.29 is 85.8 Å². The lowest BCUT2D eigenvalue weighted by Gasteiger charge is -2.36. The van der Waals surface area contributed by atoms with Crippen molar-refractivity contribution in [2.24, 2.45) is 29.4 Å². The highest BCUT2D eigenvalue weighted by Crippen LogP contribution is 2.61. The molecule has 127 heavy (non-hydrogen) atoms. The first-order valence-electron chi connectivity index (χ1n) is 40.4. The lowest BCUT2D eigenvalue weighted by atomic mass is 9.98. The van der Waals surface area contributed by atoms with E-state index < -0.39 is 152 Å². The second kappa shape index (κ2) is 53.0. The summed E-state index contributed by atoms with van der Waals surface area (Å²) in [7, 11) is -1.97. The molecule has 4 aliphatic rings. The number of nitrogens with two attached hydrogens (primary N) is 1. The molecule has 10 heterocycles. The summed E-state index contributed by atoms with van der Waals surface area (Å²) in [6.45, 7) is 45.2. The summed E-state index contributed by atoms with van der Waals surface area (Å²) in [6.07, 6.45) is 7.33. The molecule has 4 aliphatic heterocycles. The van der Waals surface area contributed by atoms with Crippen molar-refractivity contribution in [3.8, 4) is 5.82 Å². The number of aliphatic hydroxyl groups excluding tert-OH is 2. The van der Waals surface area contributed by atoms with Crippen LogP contribution in [0, 0.1) is 23.7 Å². The predicted octanol–water partition coefficient (Wildman–Crippen LogP) is 9.22. The third kappa shape index (κ3) is 36.5. The number of carbonyl (C=O) groups is 5. The summed E-state index contributed by atoms with van der Waals surface area (Å²) in [5.74, 6) is -1.97. The number of carbonyl (C=O) groups excluding carboxylic acids is 5. The first-order chi connectivity index (χ1) is 58.3. The lowest BCUT2D eigenvalue weighted by molar-refractivity contribution is -0.194. The average molecular weight is 1940 g/mol. The Hall–Kier alpha value is -8.41. The van der Waals surface area contributed by atoms with Gasteiger partial charge in [-0.15, -0.1) is 0 Å². The number of aryl methyl sites for hydroxylation is 1. The summed E-state index contributed by atoms with van der Waals surface area (Å²) >= 11 is 20.0. The fourth-order valence-corrected chi connectivity index (χ4v) is 13.1. The number of H-pyrrole nitrogens is 6. The molecule has 16 atom stereocenters. The highest BCUT2D eigenvalue weighted by Gasteiger charge is 2.49. The molecule has 0 bridgehead atoms. The van der Waals surface area contributed by atoms with E-state index in [9.17, 15) is 76.8 Å². The van der Waals surface area contributed by atoms with Gasteiger partial charge in [0.15, 0.2) is 64.6 Å². The number of aromatic amines is 6. The molecule has 4 fully saturated rings. The van der Waals surface area contributed by atoms with Crippen LogP contribution >= 0.6 is 50.0 Å². The minimum absolute atomic E-state index is 0. The number of hydrogen-bond donors (Lipinski definition) is 9. The Balaban J connectivity index is 0.000000766. The predicted molar refractivity (Wildman–Crippen MR) is 482 cm³/mol. The molecule has 4 saturated heterocycles. The maximum atomic E-state index is 13.1. The first-order valence-corrected chi connectivity index (χ1v) is 51.7. The number of rotatable bonds is 19. The van der Waals surface area contributed by atoms with Crippen LogP contribution in [0.4, 0.5) is 0 Å². The molecule has 6 aromatic heterocycles. The maximum absolute atomic E-state index is 13.1. The molecule has 10 rings (SSSR count). The van der Waals surface area contributed by atoms with Crippen molar-refractivity contribution >= 4 is 95.5 Å². The van der Waals surface area contributed by atoms with Gasteiger partial charge in [0, 0.05) is 106 Å². The number of hydrogen-bond acceptors (Lipinski definition) is 31. The first kappa shape index (κ1) is 117. The van der Waals surface area contributed by atoms with E-state index >= 15 is 0 Å². The highest BCUT2D eigenvalue weighted by atomic mass is 36.0. The van der Waals surface area contributed by atoms with Gasteiger partial charge >= 0.3 is 63.5 Å². The van der Waals surface area contributed by atoms with Crippen LogP contribution in [0.25, 0.3) is 5.82 Å². The summed E-state index contributed by atoms with van der Waals surface area (Å²) in [5.41, 5.74) is 1.07. The summed E-state index contributed by atoms with van der Waals surface area (Å²) in [4.78, 5) is 179. The number of halogens is 4. The zero-order chi connectivity index (χ0) is 96.8. The molecule has 0 aromatic carbocycles. The average Bonchev–Trinajstić information content (AvgIpc) is 1.67. The van der Waals surface area contributed by atoms with E-state index in [-0.39, 0.29) is 90.5 Å². The Kier molecular flexibility index (Phi) is 48.7. The van der Waals surface area contributed by atoms with Crippen molar-refractivity contribution in [2.45, 2.75) is 308 Å². The number of nitrogens with one attached hydrogen (secondary N) is 6. The third-order valence-electron chi connectivity index (χ3n) is 20.9. The van der Waals surface area contributed by atoms with Crippen molar-refractivity contribution in [1.29, 1.82) is 0 Å². The van der Waals surface area contributed by atoms with E-state index in [1.807, 2.05) is 72.3 Å². The van der Waals surface area contributed by atoms with Gasteiger partial charge in [-0.1, -0.05) is 124 Å². The standard InChI is InChI=1S/C22H35N5O5Si.C15H22N2O5.C14H20N2O6.C11H18O5.C6H15ClSi.C5H6N2O3.C4H4N2O2.CH5N.CH4.Cl3OP/c1-9-17-14(2)18(31-15(3)28)20(32-17)26-10-16(11-30-33(7,8)22(4,5)6)19(25-21(26)29)27-13-23-12-24-27;1-5-10-7-17(15(20)16-13(10)19)14-12(21-9(4)18)8(3)11(6-2)22-14;1-4-10-7(2)11(21-8(3)18)13(22-10)16-5-9(6-17)12(19)15-14(16)20;1-5-9-6(2)10(14-7(3)12)11(16-9)15-8(4)13;1-6(2,3)8(4,5)7;8-2-3-1-6-5(10)7-4(3)9;7-3-1-2-5-4(8)6-3;1-2;;1-5(2,3)4/h10,12-14,17-18,20H,9,11H2,1-8H3;7-8,11-12,14H,5-6H2,1-4H3,(H,16,19,20);5,7,10-11,13,17H,4,6H2,1-3H3,(H,15,19,20);6,9-11H,5H2,1-4H3;1-5H3;1,8H,2H2,(H2,6,7,9,10);1-2H,(H2,5,6,7,8);2H2,1H3;1H4;/t14?,17-,18+,20-;8?,11-,12+,14-;7?,10-,11+,13-;6?,9-,10+,11?;;;;;;/m1111....../s1. The smallest absolute Gasteiger partial charge is 0.351 e. The molecule has 6 aromatic rings. The topological polar surface area (TPSA) is 568 Å². The van der Waals surface area contributed by atoms with Gasteiger partial charge in [0.1, 0.15) is 12.7 Å². The second-order valence-corrected chi connectivity index (χ2v) is 50.9. The van der Waals surface area contributed by atoms with Crippen LogP contribution in [0.3, 0.4) is 0 Å². The Labute approximate surface area is 756 Å². The van der Waals surface area contributed by atoms with Crippen molar-refractivity contribution in [1.82, 2.24) is 63.4 Å². The monoisotopic (exact) mass is 1930 g/mol. The molecule has 718 valence electrons. The maximum Gasteiger partial charge on any atom is 0.351 e. The van der Waals surface area contributed by atoms with E-state index in [1.165, 1.54) is 99.0 Å². The van der Waals surface area contributed by atoms with Gasteiger partial charge in [0.05, 0.1) is 55.4 Å². The van der Waals surface area contributed by atoms with E-state index in [1.54, 1.807) is 6.20 Å². The largest absolute Gasteiger partial charge is 0.457 e. The van der Waals surface area contributed by atoms with E-state index in [0.29, 0.717) is 34.8 Å². The van der Waals surface area contributed by atoms with Gasteiger partial charge in [-0.3, -0.25) is 81.4 Å². The zero-order valence-corrected chi connectivity index (χ0v) is 81.7. The number of aromatic nitrogens is 13.